The zero-order chi connectivity index (χ0) is 23.2. The maximum Gasteiger partial charge on any atom is 0.261 e. The number of aryl methyl sites for hydroxylation is 1. The van der Waals surface area contributed by atoms with Gasteiger partial charge in [0.25, 0.3) is 5.91 Å². The molecular weight excluding hydrogens is 494 g/mol. The van der Waals surface area contributed by atoms with E-state index < -0.39 is 0 Å². The number of fused-ring (bicyclic) bond motifs is 3. The highest BCUT2D eigenvalue weighted by atomic mass is 79.9. The van der Waals surface area contributed by atoms with Crippen LogP contribution in [0.4, 0.5) is 5.69 Å². The molecule has 1 aromatic carbocycles. The van der Waals surface area contributed by atoms with E-state index in [2.05, 4.69) is 36.9 Å². The van der Waals surface area contributed by atoms with Crippen LogP contribution in [0.3, 0.4) is 0 Å². The van der Waals surface area contributed by atoms with Gasteiger partial charge in [-0.1, -0.05) is 12.1 Å². The van der Waals surface area contributed by atoms with Gasteiger partial charge in [-0.2, -0.15) is 0 Å². The van der Waals surface area contributed by atoms with Gasteiger partial charge in [0.1, 0.15) is 10.4 Å². The number of hydrogen-bond donors (Lipinski definition) is 0. The molecule has 0 atom stereocenters. The van der Waals surface area contributed by atoms with Crippen LogP contribution >= 0.6 is 15.9 Å². The van der Waals surface area contributed by atoms with Crippen LogP contribution in [0.1, 0.15) is 57.3 Å². The molecule has 0 spiro atoms. The number of pyridine rings is 2. The third-order valence-electron chi connectivity index (χ3n) is 6.37. The summed E-state index contributed by atoms with van der Waals surface area (Å²) in [6.45, 7) is 3.46. The quantitative estimate of drug-likeness (QED) is 0.338. The van der Waals surface area contributed by atoms with Crippen LogP contribution in [0, 0.1) is 6.92 Å². The second-order valence-corrected chi connectivity index (χ2v) is 9.61. The van der Waals surface area contributed by atoms with Gasteiger partial charge in [0.05, 0.1) is 42.7 Å². The minimum absolute atomic E-state index is 0.162. The first kappa shape index (κ1) is 21.3. The van der Waals surface area contributed by atoms with E-state index in [9.17, 15) is 4.79 Å². The van der Waals surface area contributed by atoms with Crippen LogP contribution in [0.15, 0.2) is 53.5 Å². The van der Waals surface area contributed by atoms with Gasteiger partial charge in [0.2, 0.25) is 0 Å². The van der Waals surface area contributed by atoms with Crippen molar-refractivity contribution in [3.8, 4) is 0 Å². The predicted molar refractivity (Wildman–Crippen MR) is 131 cm³/mol. The first-order valence-corrected chi connectivity index (χ1v) is 12.1. The molecule has 0 N–H and O–H groups in total. The second-order valence-electron chi connectivity index (χ2n) is 8.86. The van der Waals surface area contributed by atoms with Crippen molar-refractivity contribution in [2.24, 2.45) is 0 Å². The molecule has 2 aliphatic rings. The van der Waals surface area contributed by atoms with E-state index in [1.165, 1.54) is 5.56 Å². The molecule has 6 rings (SSSR count). The lowest BCUT2D eigenvalue weighted by Crippen LogP contribution is -2.31. The Morgan fingerprint density at radius 1 is 1.06 bits per heavy atom. The van der Waals surface area contributed by atoms with Crippen LogP contribution in [0.5, 0.6) is 0 Å². The summed E-state index contributed by atoms with van der Waals surface area (Å²) >= 11 is 3.58. The fourth-order valence-corrected chi connectivity index (χ4v) is 4.83. The van der Waals surface area contributed by atoms with E-state index in [0.717, 1.165) is 56.7 Å². The Kier molecular flexibility index (Phi) is 5.34. The van der Waals surface area contributed by atoms with Crippen LogP contribution < -0.4 is 4.90 Å². The van der Waals surface area contributed by atoms with Gasteiger partial charge in [0.15, 0.2) is 0 Å². The number of hydrogen-bond acceptors (Lipinski definition) is 6. The van der Waals surface area contributed by atoms with Crippen LogP contribution in [-0.2, 0) is 24.5 Å². The van der Waals surface area contributed by atoms with Gasteiger partial charge in [0, 0.05) is 35.0 Å². The molecule has 1 saturated carbocycles. The van der Waals surface area contributed by atoms with Gasteiger partial charge in [-0.05, 0) is 65.0 Å². The summed E-state index contributed by atoms with van der Waals surface area (Å²) < 4.78 is 6.45. The summed E-state index contributed by atoms with van der Waals surface area (Å²) in [5.74, 6) is 1.10. The van der Waals surface area contributed by atoms with Crippen LogP contribution in [0.2, 0.25) is 0 Å². The maximum atomic E-state index is 13.6. The van der Waals surface area contributed by atoms with Crippen molar-refractivity contribution in [2.75, 3.05) is 4.90 Å². The Morgan fingerprint density at radius 3 is 2.59 bits per heavy atom. The number of benzene rings is 1. The third kappa shape index (κ3) is 3.97. The maximum absolute atomic E-state index is 13.6. The molecule has 1 aliphatic heterocycles. The van der Waals surface area contributed by atoms with Crippen molar-refractivity contribution in [3.63, 3.8) is 0 Å². The lowest BCUT2D eigenvalue weighted by Gasteiger charge is -2.23. The first-order valence-electron chi connectivity index (χ1n) is 11.3. The van der Waals surface area contributed by atoms with Gasteiger partial charge in [-0.25, -0.2) is 15.0 Å². The van der Waals surface area contributed by atoms with E-state index >= 15 is 0 Å². The SMILES string of the molecule is Cc1ccc(N(Cc2ccc3c4c(c(Br)nc3c2)COC4)C(=O)c2cnc(C3CC3)nc2)cn1. The average Bonchev–Trinajstić information content (AvgIpc) is 3.58. The molecule has 0 radical (unpaired) electrons. The number of nitrogens with zero attached hydrogens (tertiary/aromatic N) is 5. The summed E-state index contributed by atoms with van der Waals surface area (Å²) in [5, 5.41) is 1.08. The summed E-state index contributed by atoms with van der Waals surface area (Å²) in [7, 11) is 0. The monoisotopic (exact) mass is 515 g/mol. The van der Waals surface area contributed by atoms with Gasteiger partial charge in [-0.15, -0.1) is 0 Å². The molecule has 170 valence electrons. The fourth-order valence-electron chi connectivity index (χ4n) is 4.29. The number of carbonyl (C=O) groups is 1. The van der Waals surface area contributed by atoms with E-state index in [1.807, 2.05) is 31.2 Å². The number of halogens is 1. The largest absolute Gasteiger partial charge is 0.372 e. The van der Waals surface area contributed by atoms with E-state index in [1.54, 1.807) is 23.5 Å². The number of aromatic nitrogens is 4. The number of carbonyl (C=O) groups excluding carboxylic acids is 1. The van der Waals surface area contributed by atoms with E-state index in [4.69, 9.17) is 9.72 Å². The molecule has 1 fully saturated rings. The van der Waals surface area contributed by atoms with Gasteiger partial charge >= 0.3 is 0 Å². The topological polar surface area (TPSA) is 81.1 Å². The molecule has 4 heterocycles. The molecule has 1 aliphatic carbocycles. The standard InChI is InChI=1S/C26H22BrN5O2/c1-15-2-6-19(11-28-15)32(26(33)18-9-29-25(30-10-18)17-4-5-17)12-16-3-7-20-21-13-34-14-22(21)24(27)31-23(20)8-16/h2-3,6-11,17H,4-5,12-14H2,1H3. The highest BCUT2D eigenvalue weighted by Crippen LogP contribution is 2.37. The zero-order valence-electron chi connectivity index (χ0n) is 18.7. The van der Waals surface area contributed by atoms with Crippen molar-refractivity contribution >= 4 is 38.4 Å². The molecule has 3 aromatic heterocycles. The average molecular weight is 516 g/mol. The summed E-state index contributed by atoms with van der Waals surface area (Å²) in [6, 6.07) is 9.98. The normalized spacial score (nSPS) is 14.9. The lowest BCUT2D eigenvalue weighted by atomic mass is 10.0. The van der Waals surface area contributed by atoms with Crippen molar-refractivity contribution in [1.82, 2.24) is 19.9 Å². The smallest absolute Gasteiger partial charge is 0.261 e. The van der Waals surface area contributed by atoms with Crippen molar-refractivity contribution < 1.29 is 9.53 Å². The number of rotatable bonds is 5. The molecule has 7 nitrogen and oxygen atoms in total. The summed E-state index contributed by atoms with van der Waals surface area (Å²) in [6.07, 6.45) is 7.25. The first-order chi connectivity index (χ1) is 16.6. The summed E-state index contributed by atoms with van der Waals surface area (Å²) in [5.41, 5.74) is 6.20. The number of amides is 1. The lowest BCUT2D eigenvalue weighted by molar-refractivity contribution is 0.0984. The third-order valence-corrected chi connectivity index (χ3v) is 7.02. The number of anilines is 1. The molecule has 0 unspecified atom stereocenters. The van der Waals surface area contributed by atoms with Crippen molar-refractivity contribution in [2.45, 2.75) is 45.4 Å². The second kappa shape index (κ2) is 8.52. The molecule has 0 saturated heterocycles. The zero-order valence-corrected chi connectivity index (χ0v) is 20.2. The predicted octanol–water partition coefficient (Wildman–Crippen LogP) is 5.25. The molecule has 34 heavy (non-hydrogen) atoms. The van der Waals surface area contributed by atoms with E-state index in [0.29, 0.717) is 31.2 Å². The molecule has 1 amide bonds. The van der Waals surface area contributed by atoms with E-state index in [-0.39, 0.29) is 5.91 Å². The highest BCUT2D eigenvalue weighted by molar-refractivity contribution is 9.10. The molecule has 0 bridgehead atoms. The minimum Gasteiger partial charge on any atom is -0.372 e. The Bertz CT molecular complexity index is 1400. The van der Waals surface area contributed by atoms with Crippen LogP contribution in [0.25, 0.3) is 10.9 Å². The Hall–Kier alpha value is -3.23. The van der Waals surface area contributed by atoms with Crippen LogP contribution in [-0.4, -0.2) is 25.8 Å². The van der Waals surface area contributed by atoms with Crippen molar-refractivity contribution in [1.29, 1.82) is 0 Å². The Labute approximate surface area is 205 Å². The molecular formula is C26H22BrN5O2. The Morgan fingerprint density at radius 2 is 1.85 bits per heavy atom. The Balaban J connectivity index is 1.36. The molecule has 4 aromatic rings. The minimum atomic E-state index is -0.162. The fraction of sp³-hybridized carbons (Fsp3) is 0.269. The van der Waals surface area contributed by atoms with Gasteiger partial charge < -0.3 is 9.64 Å². The van der Waals surface area contributed by atoms with Crippen molar-refractivity contribution in [3.05, 3.63) is 87.3 Å². The molecule has 8 heteroatoms. The highest BCUT2D eigenvalue weighted by Gasteiger charge is 2.27. The van der Waals surface area contributed by atoms with Gasteiger partial charge in [-0.3, -0.25) is 9.78 Å². The number of ether oxygens (including phenoxy) is 1. The summed E-state index contributed by atoms with van der Waals surface area (Å²) in [4.78, 5) is 33.3.